The van der Waals surface area contributed by atoms with E-state index in [1.54, 1.807) is 11.9 Å². The summed E-state index contributed by atoms with van der Waals surface area (Å²) in [6, 6.07) is 9.88. The summed E-state index contributed by atoms with van der Waals surface area (Å²) in [6.45, 7) is 6.17. The predicted octanol–water partition coefficient (Wildman–Crippen LogP) is 2.71. The monoisotopic (exact) mass is 244 g/mol. The summed E-state index contributed by atoms with van der Waals surface area (Å²) in [4.78, 5) is 18.7. The van der Waals surface area contributed by atoms with Crippen LogP contribution in [-0.2, 0) is 4.79 Å². The first-order valence-electron chi connectivity index (χ1n) is 6.37. The van der Waals surface area contributed by atoms with E-state index < -0.39 is 5.54 Å². The molecule has 0 saturated carbocycles. The summed E-state index contributed by atoms with van der Waals surface area (Å²) >= 11 is 0. The first-order chi connectivity index (χ1) is 8.44. The molecular weight excluding hydrogens is 224 g/mol. The minimum Gasteiger partial charge on any atom is -0.298 e. The van der Waals surface area contributed by atoms with Gasteiger partial charge in [-0.05, 0) is 19.3 Å². The molecule has 1 atom stereocenters. The fourth-order valence-corrected chi connectivity index (χ4v) is 2.59. The second-order valence-electron chi connectivity index (χ2n) is 5.54. The summed E-state index contributed by atoms with van der Waals surface area (Å²) in [5.74, 6) is 1.32. The molecule has 0 spiro atoms. The van der Waals surface area contributed by atoms with Crippen LogP contribution in [0.5, 0.6) is 0 Å². The predicted molar refractivity (Wildman–Crippen MR) is 73.6 cm³/mol. The summed E-state index contributed by atoms with van der Waals surface area (Å²) in [7, 11) is 1.81. The van der Waals surface area contributed by atoms with Crippen LogP contribution in [0.25, 0.3) is 0 Å². The standard InChI is InChI=1S/C15H20N2O/c1-11(2)10-15(3)14(18)17(4)13(16-15)12-8-6-5-7-9-12/h5-9,11H,10H2,1-4H3. The number of amides is 1. The summed E-state index contributed by atoms with van der Waals surface area (Å²) in [5.41, 5.74) is 0.398. The molecule has 0 N–H and O–H groups in total. The fourth-order valence-electron chi connectivity index (χ4n) is 2.59. The maximum atomic E-state index is 12.4. The third kappa shape index (κ3) is 2.17. The Balaban J connectivity index is 2.38. The van der Waals surface area contributed by atoms with Crippen molar-refractivity contribution in [3.8, 4) is 0 Å². The molecule has 3 heteroatoms. The highest BCUT2D eigenvalue weighted by molar-refractivity contribution is 6.14. The van der Waals surface area contributed by atoms with E-state index in [1.807, 2.05) is 37.3 Å². The number of benzene rings is 1. The lowest BCUT2D eigenvalue weighted by Gasteiger charge is -2.21. The zero-order chi connectivity index (χ0) is 13.3. The van der Waals surface area contributed by atoms with Crippen molar-refractivity contribution in [2.45, 2.75) is 32.7 Å². The van der Waals surface area contributed by atoms with Crippen LogP contribution in [0.2, 0.25) is 0 Å². The van der Waals surface area contributed by atoms with Gasteiger partial charge in [0, 0.05) is 12.6 Å². The van der Waals surface area contributed by atoms with Crippen LogP contribution < -0.4 is 0 Å². The molecule has 1 aliphatic rings. The summed E-state index contributed by atoms with van der Waals surface area (Å²) < 4.78 is 0. The van der Waals surface area contributed by atoms with Gasteiger partial charge in [0.25, 0.3) is 5.91 Å². The Kier molecular flexibility index (Phi) is 3.24. The Labute approximate surface area is 109 Å². The normalized spacial score (nSPS) is 23.7. The van der Waals surface area contributed by atoms with Gasteiger partial charge in [0.15, 0.2) is 0 Å². The van der Waals surface area contributed by atoms with Crippen molar-refractivity contribution in [3.63, 3.8) is 0 Å². The molecule has 0 bridgehead atoms. The molecule has 18 heavy (non-hydrogen) atoms. The van der Waals surface area contributed by atoms with E-state index >= 15 is 0 Å². The molecule has 0 saturated heterocycles. The lowest BCUT2D eigenvalue weighted by atomic mass is 9.91. The van der Waals surface area contributed by atoms with Crippen LogP contribution in [0.15, 0.2) is 35.3 Å². The average molecular weight is 244 g/mol. The molecule has 1 aromatic rings. The van der Waals surface area contributed by atoms with Crippen molar-refractivity contribution in [1.82, 2.24) is 4.90 Å². The topological polar surface area (TPSA) is 32.7 Å². The van der Waals surface area contributed by atoms with Crippen LogP contribution in [0, 0.1) is 5.92 Å². The van der Waals surface area contributed by atoms with E-state index in [1.165, 1.54) is 0 Å². The molecule has 1 aliphatic heterocycles. The van der Waals surface area contributed by atoms with Gasteiger partial charge >= 0.3 is 0 Å². The van der Waals surface area contributed by atoms with E-state index in [2.05, 4.69) is 18.8 Å². The Hall–Kier alpha value is -1.64. The molecule has 2 rings (SSSR count). The molecule has 96 valence electrons. The lowest BCUT2D eigenvalue weighted by Crippen LogP contribution is -2.39. The highest BCUT2D eigenvalue weighted by Gasteiger charge is 2.43. The molecule has 1 amide bonds. The SMILES string of the molecule is CC(C)CC1(C)N=C(c2ccccc2)N(C)C1=O. The van der Waals surface area contributed by atoms with Crippen molar-refractivity contribution in [2.75, 3.05) is 7.05 Å². The van der Waals surface area contributed by atoms with Gasteiger partial charge in [-0.25, -0.2) is 0 Å². The number of carbonyl (C=O) groups excluding carboxylic acids is 1. The molecule has 3 nitrogen and oxygen atoms in total. The minimum atomic E-state index is -0.603. The molecule has 0 aliphatic carbocycles. The minimum absolute atomic E-state index is 0.0926. The zero-order valence-electron chi connectivity index (χ0n) is 11.5. The van der Waals surface area contributed by atoms with Gasteiger partial charge < -0.3 is 0 Å². The Morgan fingerprint density at radius 3 is 2.44 bits per heavy atom. The number of nitrogens with zero attached hydrogens (tertiary/aromatic N) is 2. The number of carbonyl (C=O) groups is 1. The number of aliphatic imine (C=N–C) groups is 1. The van der Waals surface area contributed by atoms with Gasteiger partial charge in [0.05, 0.1) is 0 Å². The molecule has 0 aromatic heterocycles. The lowest BCUT2D eigenvalue weighted by molar-refractivity contribution is -0.130. The quantitative estimate of drug-likeness (QED) is 0.804. The third-order valence-electron chi connectivity index (χ3n) is 3.27. The smallest absolute Gasteiger partial charge is 0.255 e. The van der Waals surface area contributed by atoms with Crippen LogP contribution in [0.3, 0.4) is 0 Å². The van der Waals surface area contributed by atoms with Crippen molar-refractivity contribution in [3.05, 3.63) is 35.9 Å². The van der Waals surface area contributed by atoms with Crippen LogP contribution >= 0.6 is 0 Å². The van der Waals surface area contributed by atoms with Crippen LogP contribution in [0.1, 0.15) is 32.8 Å². The van der Waals surface area contributed by atoms with E-state index in [4.69, 9.17) is 0 Å². The number of rotatable bonds is 3. The highest BCUT2D eigenvalue weighted by atomic mass is 16.2. The number of hydrogen-bond acceptors (Lipinski definition) is 2. The molecular formula is C15H20N2O. The maximum Gasteiger partial charge on any atom is 0.255 e. The largest absolute Gasteiger partial charge is 0.298 e. The van der Waals surface area contributed by atoms with E-state index in [0.29, 0.717) is 5.92 Å². The highest BCUT2D eigenvalue weighted by Crippen LogP contribution is 2.30. The van der Waals surface area contributed by atoms with Crippen LogP contribution in [-0.4, -0.2) is 29.2 Å². The average Bonchev–Trinajstić information content (AvgIpc) is 2.54. The zero-order valence-corrected chi connectivity index (χ0v) is 11.5. The van der Waals surface area contributed by atoms with Gasteiger partial charge in [-0.2, -0.15) is 0 Å². The second kappa shape index (κ2) is 4.56. The van der Waals surface area contributed by atoms with Gasteiger partial charge in [-0.15, -0.1) is 0 Å². The number of hydrogen-bond donors (Lipinski definition) is 0. The van der Waals surface area contributed by atoms with Gasteiger partial charge in [-0.1, -0.05) is 44.2 Å². The Morgan fingerprint density at radius 1 is 1.28 bits per heavy atom. The third-order valence-corrected chi connectivity index (χ3v) is 3.27. The van der Waals surface area contributed by atoms with Crippen LogP contribution in [0.4, 0.5) is 0 Å². The van der Waals surface area contributed by atoms with E-state index in [-0.39, 0.29) is 5.91 Å². The first-order valence-corrected chi connectivity index (χ1v) is 6.37. The fraction of sp³-hybridized carbons (Fsp3) is 0.467. The van der Waals surface area contributed by atoms with Gasteiger partial charge in [-0.3, -0.25) is 14.7 Å². The van der Waals surface area contributed by atoms with Crippen molar-refractivity contribution >= 4 is 11.7 Å². The molecule has 1 heterocycles. The Morgan fingerprint density at radius 2 is 1.89 bits per heavy atom. The number of amidine groups is 1. The molecule has 0 fully saturated rings. The first kappa shape index (κ1) is 12.8. The molecule has 0 radical (unpaired) electrons. The summed E-state index contributed by atoms with van der Waals surface area (Å²) in [6.07, 6.45) is 0.784. The van der Waals surface area contributed by atoms with Crippen molar-refractivity contribution < 1.29 is 4.79 Å². The van der Waals surface area contributed by atoms with E-state index in [9.17, 15) is 4.79 Å². The molecule has 1 aromatic carbocycles. The van der Waals surface area contributed by atoms with Crippen molar-refractivity contribution in [1.29, 1.82) is 0 Å². The van der Waals surface area contributed by atoms with Gasteiger partial charge in [0.1, 0.15) is 11.4 Å². The molecule has 1 unspecified atom stereocenters. The second-order valence-corrected chi connectivity index (χ2v) is 5.54. The summed E-state index contributed by atoms with van der Waals surface area (Å²) in [5, 5.41) is 0. The van der Waals surface area contributed by atoms with Gasteiger partial charge in [0.2, 0.25) is 0 Å². The Bertz CT molecular complexity index is 479. The van der Waals surface area contributed by atoms with Crippen molar-refractivity contribution in [2.24, 2.45) is 10.9 Å². The number of likely N-dealkylation sites (N-methyl/N-ethyl adjacent to an activating group) is 1. The van der Waals surface area contributed by atoms with E-state index in [0.717, 1.165) is 17.8 Å². The maximum absolute atomic E-state index is 12.4.